The molecule has 5 nitrogen and oxygen atoms in total. The van der Waals surface area contributed by atoms with Crippen LogP contribution in [0.1, 0.15) is 19.1 Å². The zero-order chi connectivity index (χ0) is 17.2. The lowest BCUT2D eigenvalue weighted by molar-refractivity contribution is 0.512. The van der Waals surface area contributed by atoms with E-state index in [0.29, 0.717) is 12.2 Å². The first-order valence-corrected chi connectivity index (χ1v) is 8.21. The van der Waals surface area contributed by atoms with Gasteiger partial charge in [-0.1, -0.05) is 12.1 Å². The predicted octanol–water partition coefficient (Wildman–Crippen LogP) is 3.00. The molecule has 0 fully saturated rings. The minimum atomic E-state index is -0.193. The maximum Gasteiger partial charge on any atom is 0.191 e. The third-order valence-electron chi connectivity index (χ3n) is 3.54. The number of aliphatic imine (C=N–C) groups is 1. The van der Waals surface area contributed by atoms with Crippen molar-refractivity contribution in [2.45, 2.75) is 19.9 Å². The number of para-hydroxylation sites is 1. The zero-order valence-electron chi connectivity index (χ0n) is 14.3. The molecule has 0 saturated carbocycles. The molecule has 2 rings (SSSR count). The van der Waals surface area contributed by atoms with Crippen LogP contribution in [0.5, 0.6) is 0 Å². The van der Waals surface area contributed by atoms with Crippen molar-refractivity contribution in [3.05, 3.63) is 54.2 Å². The van der Waals surface area contributed by atoms with E-state index in [2.05, 4.69) is 15.6 Å². The molecule has 0 saturated heterocycles. The second kappa shape index (κ2) is 9.60. The van der Waals surface area contributed by atoms with Crippen molar-refractivity contribution in [2.75, 3.05) is 31.6 Å². The number of furan rings is 1. The van der Waals surface area contributed by atoms with Crippen LogP contribution in [0.2, 0.25) is 0 Å². The van der Waals surface area contributed by atoms with E-state index in [4.69, 9.17) is 4.42 Å². The lowest BCUT2D eigenvalue weighted by Gasteiger charge is -2.20. The van der Waals surface area contributed by atoms with E-state index < -0.39 is 0 Å². The minimum Gasteiger partial charge on any atom is -0.467 e. The SMILES string of the molecule is CCNC(=NCc1ccco1)NCCCN(C)c1ccccc1F. The first-order chi connectivity index (χ1) is 11.7. The molecule has 24 heavy (non-hydrogen) atoms. The van der Waals surface area contributed by atoms with Crippen molar-refractivity contribution in [2.24, 2.45) is 4.99 Å². The number of rotatable bonds is 8. The molecule has 1 aromatic carbocycles. The highest BCUT2D eigenvalue weighted by molar-refractivity contribution is 5.79. The molecule has 0 aliphatic carbocycles. The standard InChI is InChI=1S/C18H25FN4O/c1-3-20-18(22-14-15-8-6-13-24-15)21-11-7-12-23(2)17-10-5-4-9-16(17)19/h4-6,8-10,13H,3,7,11-12,14H2,1-2H3,(H2,20,21,22). The smallest absolute Gasteiger partial charge is 0.191 e. The molecule has 0 amide bonds. The van der Waals surface area contributed by atoms with Crippen LogP contribution in [-0.2, 0) is 6.54 Å². The summed E-state index contributed by atoms with van der Waals surface area (Å²) in [5.74, 6) is 1.38. The first kappa shape index (κ1) is 17.8. The third-order valence-corrected chi connectivity index (χ3v) is 3.54. The Hall–Kier alpha value is -2.50. The topological polar surface area (TPSA) is 52.8 Å². The number of benzene rings is 1. The molecule has 2 N–H and O–H groups in total. The van der Waals surface area contributed by atoms with Crippen LogP contribution in [0.3, 0.4) is 0 Å². The average molecular weight is 332 g/mol. The molecule has 2 aromatic rings. The van der Waals surface area contributed by atoms with Gasteiger partial charge in [-0.05, 0) is 37.6 Å². The van der Waals surface area contributed by atoms with E-state index in [-0.39, 0.29) is 5.82 Å². The highest BCUT2D eigenvalue weighted by Crippen LogP contribution is 2.16. The molecule has 0 aliphatic heterocycles. The number of halogens is 1. The number of nitrogens with one attached hydrogen (secondary N) is 2. The van der Waals surface area contributed by atoms with Crippen LogP contribution in [0.4, 0.5) is 10.1 Å². The Morgan fingerprint density at radius 1 is 1.21 bits per heavy atom. The molecular weight excluding hydrogens is 307 g/mol. The fourth-order valence-electron chi connectivity index (χ4n) is 2.31. The molecule has 0 radical (unpaired) electrons. The monoisotopic (exact) mass is 332 g/mol. The second-order valence-corrected chi connectivity index (χ2v) is 5.43. The Morgan fingerprint density at radius 3 is 2.75 bits per heavy atom. The lowest BCUT2D eigenvalue weighted by atomic mass is 10.2. The number of hydrogen-bond acceptors (Lipinski definition) is 3. The Balaban J connectivity index is 1.76. The van der Waals surface area contributed by atoms with Gasteiger partial charge in [0.1, 0.15) is 18.1 Å². The number of anilines is 1. The molecule has 130 valence electrons. The van der Waals surface area contributed by atoms with Crippen LogP contribution >= 0.6 is 0 Å². The van der Waals surface area contributed by atoms with Crippen molar-refractivity contribution < 1.29 is 8.81 Å². The molecule has 6 heteroatoms. The third kappa shape index (κ3) is 5.61. The van der Waals surface area contributed by atoms with Gasteiger partial charge >= 0.3 is 0 Å². The van der Waals surface area contributed by atoms with Crippen LogP contribution in [0.15, 0.2) is 52.1 Å². The van der Waals surface area contributed by atoms with Gasteiger partial charge in [0.05, 0.1) is 12.0 Å². The fraction of sp³-hybridized carbons (Fsp3) is 0.389. The van der Waals surface area contributed by atoms with E-state index in [0.717, 1.165) is 37.8 Å². The van der Waals surface area contributed by atoms with Gasteiger partial charge in [0.15, 0.2) is 5.96 Å². The Kier molecular flexibility index (Phi) is 7.14. The maximum absolute atomic E-state index is 13.7. The molecule has 0 bridgehead atoms. The molecular formula is C18H25FN4O. The van der Waals surface area contributed by atoms with Gasteiger partial charge in [-0.2, -0.15) is 0 Å². The Bertz CT molecular complexity index is 628. The van der Waals surface area contributed by atoms with Crippen molar-refractivity contribution in [1.29, 1.82) is 0 Å². The highest BCUT2D eigenvalue weighted by Gasteiger charge is 2.06. The van der Waals surface area contributed by atoms with Gasteiger partial charge in [0.2, 0.25) is 0 Å². The van der Waals surface area contributed by atoms with E-state index in [9.17, 15) is 4.39 Å². The molecule has 0 unspecified atom stereocenters. The summed E-state index contributed by atoms with van der Waals surface area (Å²) < 4.78 is 19.0. The summed E-state index contributed by atoms with van der Waals surface area (Å²) in [4.78, 5) is 6.39. The second-order valence-electron chi connectivity index (χ2n) is 5.43. The molecule has 1 heterocycles. The molecule has 1 aromatic heterocycles. The van der Waals surface area contributed by atoms with Crippen LogP contribution in [0.25, 0.3) is 0 Å². The lowest BCUT2D eigenvalue weighted by Crippen LogP contribution is -2.38. The van der Waals surface area contributed by atoms with Crippen molar-refractivity contribution >= 4 is 11.6 Å². The van der Waals surface area contributed by atoms with Gasteiger partial charge in [0.25, 0.3) is 0 Å². The van der Waals surface area contributed by atoms with Crippen LogP contribution in [-0.4, -0.2) is 32.6 Å². The summed E-state index contributed by atoms with van der Waals surface area (Å²) in [7, 11) is 1.90. The predicted molar refractivity (Wildman–Crippen MR) is 95.8 cm³/mol. The molecule has 0 aliphatic rings. The largest absolute Gasteiger partial charge is 0.467 e. The molecule has 0 spiro atoms. The summed E-state index contributed by atoms with van der Waals surface area (Å²) in [5.41, 5.74) is 0.621. The van der Waals surface area contributed by atoms with Crippen molar-refractivity contribution in [3.8, 4) is 0 Å². The van der Waals surface area contributed by atoms with Gasteiger partial charge in [-0.3, -0.25) is 0 Å². The number of guanidine groups is 1. The van der Waals surface area contributed by atoms with E-state index in [1.165, 1.54) is 6.07 Å². The zero-order valence-corrected chi connectivity index (χ0v) is 14.3. The van der Waals surface area contributed by atoms with Gasteiger partial charge < -0.3 is 20.0 Å². The summed E-state index contributed by atoms with van der Waals surface area (Å²) in [6, 6.07) is 10.6. The van der Waals surface area contributed by atoms with Gasteiger partial charge in [0, 0.05) is 26.7 Å². The molecule has 0 atom stereocenters. The average Bonchev–Trinajstić information content (AvgIpc) is 3.10. The van der Waals surface area contributed by atoms with Gasteiger partial charge in [-0.25, -0.2) is 9.38 Å². The fourth-order valence-corrected chi connectivity index (χ4v) is 2.31. The highest BCUT2D eigenvalue weighted by atomic mass is 19.1. The summed E-state index contributed by atoms with van der Waals surface area (Å²) in [6.07, 6.45) is 2.51. The van der Waals surface area contributed by atoms with Crippen LogP contribution in [0, 0.1) is 5.82 Å². The number of nitrogens with zero attached hydrogens (tertiary/aromatic N) is 2. The maximum atomic E-state index is 13.7. The van der Waals surface area contributed by atoms with E-state index in [1.807, 2.05) is 37.1 Å². The van der Waals surface area contributed by atoms with E-state index in [1.54, 1.807) is 18.4 Å². The van der Waals surface area contributed by atoms with E-state index >= 15 is 0 Å². The van der Waals surface area contributed by atoms with Crippen molar-refractivity contribution in [1.82, 2.24) is 10.6 Å². The summed E-state index contributed by atoms with van der Waals surface area (Å²) in [6.45, 7) is 4.82. The minimum absolute atomic E-state index is 0.193. The van der Waals surface area contributed by atoms with Crippen LogP contribution < -0.4 is 15.5 Å². The quantitative estimate of drug-likeness (QED) is 0.443. The summed E-state index contributed by atoms with van der Waals surface area (Å²) >= 11 is 0. The first-order valence-electron chi connectivity index (χ1n) is 8.21. The summed E-state index contributed by atoms with van der Waals surface area (Å²) in [5, 5.41) is 6.48. The normalized spacial score (nSPS) is 11.4. The Labute approximate surface area is 142 Å². The van der Waals surface area contributed by atoms with Crippen molar-refractivity contribution in [3.63, 3.8) is 0 Å². The Morgan fingerprint density at radius 2 is 2.04 bits per heavy atom. The van der Waals surface area contributed by atoms with Gasteiger partial charge in [-0.15, -0.1) is 0 Å². The number of hydrogen-bond donors (Lipinski definition) is 2.